The van der Waals surface area contributed by atoms with Crippen LogP contribution in [-0.4, -0.2) is 37.0 Å². The first-order chi connectivity index (χ1) is 9.79. The van der Waals surface area contributed by atoms with Gasteiger partial charge in [0.15, 0.2) is 5.96 Å². The molecule has 118 valence electrons. The van der Waals surface area contributed by atoms with Crippen LogP contribution in [0.2, 0.25) is 0 Å². The smallest absolute Gasteiger partial charge is 0.193 e. The SMILES string of the molecule is CCNC(=NCCCc1cccc(Br)c1)N1CCCC1.I. The zero-order chi connectivity index (χ0) is 14.2. The van der Waals surface area contributed by atoms with Gasteiger partial charge in [0.05, 0.1) is 0 Å². The first kappa shape index (κ1) is 18.7. The van der Waals surface area contributed by atoms with Gasteiger partial charge in [0.2, 0.25) is 0 Å². The van der Waals surface area contributed by atoms with Crippen LogP contribution in [-0.2, 0) is 6.42 Å². The van der Waals surface area contributed by atoms with Crippen molar-refractivity contribution in [1.29, 1.82) is 0 Å². The van der Waals surface area contributed by atoms with E-state index in [4.69, 9.17) is 4.99 Å². The minimum absolute atomic E-state index is 0. The summed E-state index contributed by atoms with van der Waals surface area (Å²) in [6, 6.07) is 8.53. The summed E-state index contributed by atoms with van der Waals surface area (Å²) >= 11 is 3.52. The molecule has 1 aliphatic heterocycles. The van der Waals surface area contributed by atoms with E-state index in [9.17, 15) is 0 Å². The predicted molar refractivity (Wildman–Crippen MR) is 105 cm³/mol. The third-order valence-electron chi connectivity index (χ3n) is 3.51. The number of aryl methyl sites for hydroxylation is 1. The number of aliphatic imine (C=N–C) groups is 1. The second-order valence-corrected chi connectivity index (χ2v) is 6.08. The standard InChI is InChI=1S/C16H24BrN3.HI/c1-2-18-16(20-11-3-4-12-20)19-10-6-8-14-7-5-9-15(17)13-14;/h5,7,9,13H,2-4,6,8,10-12H2,1H3,(H,18,19);1H. The summed E-state index contributed by atoms with van der Waals surface area (Å²) in [5.74, 6) is 1.10. The lowest BCUT2D eigenvalue weighted by Crippen LogP contribution is -2.39. The van der Waals surface area contributed by atoms with E-state index >= 15 is 0 Å². The Kier molecular flexibility index (Phi) is 9.31. The van der Waals surface area contributed by atoms with E-state index in [0.717, 1.165) is 49.5 Å². The van der Waals surface area contributed by atoms with Crippen LogP contribution in [0.4, 0.5) is 0 Å². The molecule has 0 atom stereocenters. The van der Waals surface area contributed by atoms with Crippen molar-refractivity contribution >= 4 is 45.9 Å². The topological polar surface area (TPSA) is 27.6 Å². The Labute approximate surface area is 153 Å². The first-order valence-corrected chi connectivity index (χ1v) is 8.36. The molecular formula is C16H25BrIN3. The van der Waals surface area contributed by atoms with E-state index in [1.807, 2.05) is 0 Å². The average molecular weight is 466 g/mol. The Bertz CT molecular complexity index is 445. The van der Waals surface area contributed by atoms with Crippen molar-refractivity contribution in [2.45, 2.75) is 32.6 Å². The van der Waals surface area contributed by atoms with Gasteiger partial charge in [0.1, 0.15) is 0 Å². The van der Waals surface area contributed by atoms with E-state index in [0.29, 0.717) is 0 Å². The van der Waals surface area contributed by atoms with Gasteiger partial charge in [0, 0.05) is 30.7 Å². The highest BCUT2D eigenvalue weighted by Crippen LogP contribution is 2.13. The fraction of sp³-hybridized carbons (Fsp3) is 0.562. The first-order valence-electron chi connectivity index (χ1n) is 7.57. The number of halogens is 2. The molecule has 2 rings (SSSR count). The summed E-state index contributed by atoms with van der Waals surface area (Å²) in [6.45, 7) is 6.27. The normalized spacial score (nSPS) is 15.0. The summed E-state index contributed by atoms with van der Waals surface area (Å²) in [6.07, 6.45) is 4.77. The summed E-state index contributed by atoms with van der Waals surface area (Å²) in [5.41, 5.74) is 1.38. The number of nitrogens with zero attached hydrogens (tertiary/aromatic N) is 2. The molecule has 3 nitrogen and oxygen atoms in total. The Balaban J connectivity index is 0.00000220. The molecule has 0 radical (unpaired) electrons. The predicted octanol–water partition coefficient (Wildman–Crippen LogP) is 4.06. The van der Waals surface area contributed by atoms with Crippen LogP contribution in [0.5, 0.6) is 0 Å². The number of benzene rings is 1. The van der Waals surface area contributed by atoms with Gasteiger partial charge in [-0.1, -0.05) is 28.1 Å². The summed E-state index contributed by atoms with van der Waals surface area (Å²) in [5, 5.41) is 3.40. The number of hydrogen-bond acceptors (Lipinski definition) is 1. The molecule has 0 spiro atoms. The molecule has 0 amide bonds. The van der Waals surface area contributed by atoms with E-state index in [1.54, 1.807) is 0 Å². The molecule has 0 unspecified atom stereocenters. The van der Waals surface area contributed by atoms with Crippen LogP contribution in [0, 0.1) is 0 Å². The highest BCUT2D eigenvalue weighted by molar-refractivity contribution is 14.0. The van der Waals surface area contributed by atoms with Crippen molar-refractivity contribution in [3.63, 3.8) is 0 Å². The van der Waals surface area contributed by atoms with Crippen LogP contribution < -0.4 is 5.32 Å². The fourth-order valence-electron chi connectivity index (χ4n) is 2.52. The van der Waals surface area contributed by atoms with Crippen LogP contribution in [0.25, 0.3) is 0 Å². The maximum Gasteiger partial charge on any atom is 0.193 e. The van der Waals surface area contributed by atoms with Crippen molar-refractivity contribution in [2.24, 2.45) is 4.99 Å². The van der Waals surface area contributed by atoms with E-state index < -0.39 is 0 Å². The fourth-order valence-corrected chi connectivity index (χ4v) is 2.96. The highest BCUT2D eigenvalue weighted by atomic mass is 127. The Hall–Kier alpha value is -0.300. The van der Waals surface area contributed by atoms with Crippen molar-refractivity contribution in [3.8, 4) is 0 Å². The van der Waals surface area contributed by atoms with Crippen LogP contribution in [0.15, 0.2) is 33.7 Å². The number of rotatable bonds is 5. The highest BCUT2D eigenvalue weighted by Gasteiger charge is 2.14. The maximum atomic E-state index is 4.75. The molecular weight excluding hydrogens is 441 g/mol. The number of hydrogen-bond donors (Lipinski definition) is 1. The number of likely N-dealkylation sites (tertiary alicyclic amines) is 1. The Morgan fingerprint density at radius 3 is 2.76 bits per heavy atom. The molecule has 1 saturated heterocycles. The van der Waals surface area contributed by atoms with Gasteiger partial charge in [-0.2, -0.15) is 0 Å². The third-order valence-corrected chi connectivity index (χ3v) is 4.01. The van der Waals surface area contributed by atoms with E-state index in [1.165, 1.54) is 18.4 Å². The Morgan fingerprint density at radius 1 is 1.33 bits per heavy atom. The molecule has 1 fully saturated rings. The molecule has 1 aliphatic rings. The van der Waals surface area contributed by atoms with Gasteiger partial charge >= 0.3 is 0 Å². The van der Waals surface area contributed by atoms with Gasteiger partial charge in [0.25, 0.3) is 0 Å². The molecule has 0 aromatic heterocycles. The monoisotopic (exact) mass is 465 g/mol. The summed E-state index contributed by atoms with van der Waals surface area (Å²) in [7, 11) is 0. The van der Waals surface area contributed by atoms with Gasteiger partial charge in [-0.05, 0) is 50.3 Å². The van der Waals surface area contributed by atoms with Crippen LogP contribution in [0.3, 0.4) is 0 Å². The molecule has 1 aromatic carbocycles. The molecule has 0 aliphatic carbocycles. The molecule has 1 N–H and O–H groups in total. The van der Waals surface area contributed by atoms with Gasteiger partial charge < -0.3 is 10.2 Å². The molecule has 0 saturated carbocycles. The zero-order valence-electron chi connectivity index (χ0n) is 12.6. The van der Waals surface area contributed by atoms with Gasteiger partial charge in [-0.3, -0.25) is 4.99 Å². The quantitative estimate of drug-likeness (QED) is 0.307. The van der Waals surface area contributed by atoms with E-state index in [2.05, 4.69) is 57.3 Å². The minimum atomic E-state index is 0. The summed E-state index contributed by atoms with van der Waals surface area (Å²) in [4.78, 5) is 7.13. The number of nitrogens with one attached hydrogen (secondary N) is 1. The van der Waals surface area contributed by atoms with Crippen molar-refractivity contribution < 1.29 is 0 Å². The molecule has 21 heavy (non-hydrogen) atoms. The van der Waals surface area contributed by atoms with Crippen molar-refractivity contribution in [2.75, 3.05) is 26.2 Å². The van der Waals surface area contributed by atoms with Crippen LogP contribution >= 0.6 is 39.9 Å². The average Bonchev–Trinajstić information content (AvgIpc) is 2.96. The molecule has 5 heteroatoms. The lowest BCUT2D eigenvalue weighted by Gasteiger charge is -2.20. The summed E-state index contributed by atoms with van der Waals surface area (Å²) < 4.78 is 1.16. The lowest BCUT2D eigenvalue weighted by atomic mass is 10.1. The third kappa shape index (κ3) is 6.55. The van der Waals surface area contributed by atoms with Crippen molar-refractivity contribution in [1.82, 2.24) is 10.2 Å². The molecule has 1 heterocycles. The van der Waals surface area contributed by atoms with Gasteiger partial charge in [-0.25, -0.2) is 0 Å². The zero-order valence-corrected chi connectivity index (χ0v) is 16.6. The van der Waals surface area contributed by atoms with Crippen LogP contribution in [0.1, 0.15) is 31.7 Å². The number of guanidine groups is 1. The molecule has 1 aromatic rings. The van der Waals surface area contributed by atoms with Gasteiger partial charge in [-0.15, -0.1) is 24.0 Å². The largest absolute Gasteiger partial charge is 0.357 e. The second kappa shape index (κ2) is 10.4. The Morgan fingerprint density at radius 2 is 2.10 bits per heavy atom. The van der Waals surface area contributed by atoms with E-state index in [-0.39, 0.29) is 24.0 Å². The van der Waals surface area contributed by atoms with Crippen molar-refractivity contribution in [3.05, 3.63) is 34.3 Å². The second-order valence-electron chi connectivity index (χ2n) is 5.16. The minimum Gasteiger partial charge on any atom is -0.357 e. The molecule has 0 bridgehead atoms. The lowest BCUT2D eigenvalue weighted by molar-refractivity contribution is 0.493. The maximum absolute atomic E-state index is 4.75.